The van der Waals surface area contributed by atoms with Crippen molar-refractivity contribution in [3.63, 3.8) is 0 Å². The average Bonchev–Trinajstić information content (AvgIpc) is 2.98. The number of hydrogen-bond donors (Lipinski definition) is 1. The quantitative estimate of drug-likeness (QED) is 0.573. The largest absolute Gasteiger partial charge is 0.484 e. The Hall–Kier alpha value is -3.87. The monoisotopic (exact) mass is 420 g/mol. The number of anilines is 1. The van der Waals surface area contributed by atoms with Gasteiger partial charge < -0.3 is 19.7 Å². The van der Waals surface area contributed by atoms with E-state index in [-0.39, 0.29) is 29.6 Å². The van der Waals surface area contributed by atoms with Crippen molar-refractivity contribution in [2.75, 3.05) is 26.1 Å². The van der Waals surface area contributed by atoms with Crippen LogP contribution in [0.5, 0.6) is 5.75 Å². The molecule has 7 heteroatoms. The van der Waals surface area contributed by atoms with Crippen molar-refractivity contribution >= 4 is 29.5 Å². The minimum atomic E-state index is -0.555. The van der Waals surface area contributed by atoms with Crippen LogP contribution in [-0.2, 0) is 19.1 Å². The second kappa shape index (κ2) is 9.30. The zero-order valence-corrected chi connectivity index (χ0v) is 17.9. The number of hydrogen-bond acceptors (Lipinski definition) is 5. The lowest BCUT2D eigenvalue weighted by atomic mass is 10.0. The van der Waals surface area contributed by atoms with E-state index in [2.05, 4.69) is 5.32 Å². The first-order valence-electron chi connectivity index (χ1n) is 9.69. The number of carbonyl (C=O) groups is 3. The van der Waals surface area contributed by atoms with Crippen molar-refractivity contribution in [3.8, 4) is 5.75 Å². The van der Waals surface area contributed by atoms with Crippen LogP contribution in [0.25, 0.3) is 6.08 Å². The highest BCUT2D eigenvalue weighted by molar-refractivity contribution is 6.16. The molecule has 3 rings (SSSR count). The van der Waals surface area contributed by atoms with Gasteiger partial charge in [0.1, 0.15) is 5.75 Å². The Bertz CT molecular complexity index is 1070. The third-order valence-electron chi connectivity index (χ3n) is 4.96. The number of nitrogens with one attached hydrogen (secondary N) is 1. The molecule has 0 saturated carbocycles. The molecule has 2 aromatic rings. The molecule has 7 nitrogen and oxygen atoms in total. The van der Waals surface area contributed by atoms with Gasteiger partial charge in [0.15, 0.2) is 6.61 Å². The number of methoxy groups -OCH3 is 1. The van der Waals surface area contributed by atoms with Gasteiger partial charge in [-0.25, -0.2) is 4.79 Å². The van der Waals surface area contributed by atoms with Crippen LogP contribution in [0, 0.1) is 6.92 Å². The molecular formula is C24H24N2O5. The minimum Gasteiger partial charge on any atom is -0.484 e. The first-order chi connectivity index (χ1) is 14.8. The Kier molecular flexibility index (Phi) is 6.55. The molecule has 1 aliphatic rings. The molecule has 0 saturated heterocycles. The number of amides is 2. The summed E-state index contributed by atoms with van der Waals surface area (Å²) in [7, 11) is 2.89. The van der Waals surface area contributed by atoms with Crippen LogP contribution >= 0.6 is 0 Å². The molecule has 0 atom stereocenters. The lowest BCUT2D eigenvalue weighted by molar-refractivity contribution is -0.136. The number of rotatable bonds is 6. The van der Waals surface area contributed by atoms with Crippen LogP contribution < -0.4 is 10.1 Å². The number of nitrogens with zero attached hydrogens (tertiary/aromatic N) is 1. The molecule has 0 radical (unpaired) electrons. The molecule has 0 spiro atoms. The van der Waals surface area contributed by atoms with Gasteiger partial charge >= 0.3 is 5.97 Å². The second-order valence-electron chi connectivity index (χ2n) is 7.15. The molecule has 0 bridgehead atoms. The van der Waals surface area contributed by atoms with Crippen molar-refractivity contribution in [3.05, 3.63) is 76.5 Å². The van der Waals surface area contributed by atoms with Crippen LogP contribution in [0.4, 0.5) is 5.69 Å². The fraction of sp³-hybridized carbons (Fsp3) is 0.208. The summed E-state index contributed by atoms with van der Waals surface area (Å²) >= 11 is 0. The Labute approximate surface area is 181 Å². The van der Waals surface area contributed by atoms with E-state index < -0.39 is 5.97 Å². The van der Waals surface area contributed by atoms with Crippen molar-refractivity contribution in [1.29, 1.82) is 0 Å². The maximum absolute atomic E-state index is 12.5. The van der Waals surface area contributed by atoms with E-state index in [4.69, 9.17) is 9.47 Å². The predicted molar refractivity (Wildman–Crippen MR) is 117 cm³/mol. The fourth-order valence-electron chi connectivity index (χ4n) is 3.11. The summed E-state index contributed by atoms with van der Waals surface area (Å²) in [5.41, 5.74) is 3.60. The normalized spacial score (nSPS) is 14.8. The third-order valence-corrected chi connectivity index (χ3v) is 4.96. The van der Waals surface area contributed by atoms with Gasteiger partial charge in [-0.1, -0.05) is 29.8 Å². The molecule has 1 heterocycles. The summed E-state index contributed by atoms with van der Waals surface area (Å²) in [5, 5.41) is 2.77. The van der Waals surface area contributed by atoms with E-state index in [1.54, 1.807) is 44.3 Å². The van der Waals surface area contributed by atoms with Gasteiger partial charge in [-0.3, -0.25) is 9.59 Å². The number of aryl methyl sites for hydroxylation is 1. The van der Waals surface area contributed by atoms with Crippen LogP contribution in [0.3, 0.4) is 0 Å². The Morgan fingerprint density at radius 1 is 1.03 bits per heavy atom. The summed E-state index contributed by atoms with van der Waals surface area (Å²) in [5.74, 6) is -0.582. The van der Waals surface area contributed by atoms with E-state index in [1.165, 1.54) is 12.0 Å². The van der Waals surface area contributed by atoms with E-state index in [0.717, 1.165) is 5.56 Å². The topological polar surface area (TPSA) is 84.9 Å². The van der Waals surface area contributed by atoms with E-state index in [1.807, 2.05) is 31.2 Å². The van der Waals surface area contributed by atoms with Gasteiger partial charge in [-0.2, -0.15) is 0 Å². The van der Waals surface area contributed by atoms with Crippen LogP contribution in [0.15, 0.2) is 65.4 Å². The molecule has 1 aliphatic heterocycles. The summed E-state index contributed by atoms with van der Waals surface area (Å²) in [6, 6.07) is 14.4. The molecule has 1 N–H and O–H groups in total. The minimum absolute atomic E-state index is 0.133. The summed E-state index contributed by atoms with van der Waals surface area (Å²) in [6.07, 6.45) is 1.63. The number of carbonyl (C=O) groups excluding carboxylic acids is 3. The summed E-state index contributed by atoms with van der Waals surface area (Å²) in [6.45, 7) is 3.54. The molecule has 0 aromatic heterocycles. The SMILES string of the molecule is COC(=O)C1=C(C)N(C)C(=O)/C1=C\c1ccc(OCC(=O)Nc2ccc(C)cc2)cc1. The number of esters is 1. The highest BCUT2D eigenvalue weighted by atomic mass is 16.5. The first kappa shape index (κ1) is 21.8. The molecule has 31 heavy (non-hydrogen) atoms. The Morgan fingerprint density at radius 3 is 2.29 bits per heavy atom. The molecule has 0 unspecified atom stereocenters. The van der Waals surface area contributed by atoms with Crippen LogP contribution in [-0.4, -0.2) is 43.4 Å². The van der Waals surface area contributed by atoms with Gasteiger partial charge in [0, 0.05) is 18.4 Å². The van der Waals surface area contributed by atoms with Crippen molar-refractivity contribution in [2.45, 2.75) is 13.8 Å². The van der Waals surface area contributed by atoms with Gasteiger partial charge in [-0.15, -0.1) is 0 Å². The molecule has 160 valence electrons. The highest BCUT2D eigenvalue weighted by Gasteiger charge is 2.34. The predicted octanol–water partition coefficient (Wildman–Crippen LogP) is 3.31. The highest BCUT2D eigenvalue weighted by Crippen LogP contribution is 2.30. The van der Waals surface area contributed by atoms with Crippen molar-refractivity contribution in [2.24, 2.45) is 0 Å². The summed E-state index contributed by atoms with van der Waals surface area (Å²) < 4.78 is 10.3. The lowest BCUT2D eigenvalue weighted by Crippen LogP contribution is -2.20. The number of ether oxygens (including phenoxy) is 2. The Morgan fingerprint density at radius 2 is 1.68 bits per heavy atom. The zero-order valence-electron chi connectivity index (χ0n) is 17.9. The smallest absolute Gasteiger partial charge is 0.340 e. The second-order valence-corrected chi connectivity index (χ2v) is 7.15. The maximum Gasteiger partial charge on any atom is 0.340 e. The lowest BCUT2D eigenvalue weighted by Gasteiger charge is -2.09. The summed E-state index contributed by atoms with van der Waals surface area (Å²) in [4.78, 5) is 38.1. The van der Waals surface area contributed by atoms with Crippen LogP contribution in [0.2, 0.25) is 0 Å². The fourth-order valence-corrected chi connectivity index (χ4v) is 3.11. The standard InChI is InChI=1S/C24H24N2O5/c1-15-5-9-18(10-6-15)25-21(27)14-31-19-11-7-17(8-12-19)13-20-22(24(29)30-4)16(2)26(3)23(20)28/h5-13H,14H2,1-4H3,(H,25,27)/b20-13-. The van der Waals surface area contributed by atoms with E-state index in [9.17, 15) is 14.4 Å². The third kappa shape index (κ3) is 5.01. The Balaban J connectivity index is 1.66. The van der Waals surface area contributed by atoms with Gasteiger partial charge in [-0.05, 0) is 49.8 Å². The average molecular weight is 420 g/mol. The zero-order chi connectivity index (χ0) is 22.5. The molecule has 2 aromatic carbocycles. The molecule has 0 aliphatic carbocycles. The van der Waals surface area contributed by atoms with Crippen LogP contribution in [0.1, 0.15) is 18.1 Å². The van der Waals surface area contributed by atoms with E-state index in [0.29, 0.717) is 22.7 Å². The van der Waals surface area contributed by atoms with Crippen molar-refractivity contribution in [1.82, 2.24) is 4.90 Å². The molecular weight excluding hydrogens is 396 g/mol. The first-order valence-corrected chi connectivity index (χ1v) is 9.69. The van der Waals surface area contributed by atoms with Crippen molar-refractivity contribution < 1.29 is 23.9 Å². The maximum atomic E-state index is 12.5. The molecule has 0 fully saturated rings. The number of allylic oxidation sites excluding steroid dienone is 1. The van der Waals surface area contributed by atoms with Gasteiger partial charge in [0.05, 0.1) is 18.3 Å². The number of likely N-dealkylation sites (N-methyl/N-ethyl adjacent to an activating group) is 1. The van der Waals surface area contributed by atoms with Gasteiger partial charge in [0.2, 0.25) is 0 Å². The molecule has 2 amide bonds. The van der Waals surface area contributed by atoms with Gasteiger partial charge in [0.25, 0.3) is 11.8 Å². The number of benzene rings is 2. The van der Waals surface area contributed by atoms with E-state index >= 15 is 0 Å².